The number of rotatable bonds is 7. The van der Waals surface area contributed by atoms with E-state index in [2.05, 4.69) is 17.4 Å². The number of hydrogen-bond donors (Lipinski definition) is 1. The molecule has 0 aromatic heterocycles. The zero-order valence-electron chi connectivity index (χ0n) is 13.4. The van der Waals surface area contributed by atoms with E-state index in [1.165, 1.54) is 0 Å². The van der Waals surface area contributed by atoms with Crippen molar-refractivity contribution in [1.29, 1.82) is 0 Å². The van der Waals surface area contributed by atoms with Crippen LogP contribution in [0.25, 0.3) is 0 Å². The van der Waals surface area contributed by atoms with Crippen molar-refractivity contribution in [3.8, 4) is 5.75 Å². The molecule has 0 aliphatic heterocycles. The number of nitrogens with one attached hydrogen (secondary N) is 1. The van der Waals surface area contributed by atoms with E-state index in [0.717, 1.165) is 17.7 Å². The Morgan fingerprint density at radius 2 is 1.73 bits per heavy atom. The first kappa shape index (κ1) is 16.2. The lowest BCUT2D eigenvalue weighted by Crippen LogP contribution is -2.51. The smallest absolute Gasteiger partial charge is 0.183 e. The number of methoxy groups -OCH3 is 1. The summed E-state index contributed by atoms with van der Waals surface area (Å²) in [6.07, 6.45) is 1.40. The largest absolute Gasteiger partial charge is 0.497 e. The van der Waals surface area contributed by atoms with Gasteiger partial charge in [0.1, 0.15) is 5.75 Å². The molecule has 2 rings (SSSR count). The minimum absolute atomic E-state index is 0.115. The Balaban J connectivity index is 2.30. The fourth-order valence-electron chi connectivity index (χ4n) is 2.71. The molecule has 2 aromatic rings. The Hall–Kier alpha value is -2.13. The Labute approximate surface area is 132 Å². The molecule has 116 valence electrons. The number of carbonyl (C=O) groups excluding carboxylic acids is 1. The number of likely N-dealkylation sites (N-methyl/N-ethyl adjacent to an activating group) is 1. The van der Waals surface area contributed by atoms with Crippen LogP contribution < -0.4 is 10.1 Å². The minimum atomic E-state index is -0.587. The molecular formula is C19H23NO2. The van der Waals surface area contributed by atoms with Crippen molar-refractivity contribution in [2.45, 2.75) is 25.3 Å². The van der Waals surface area contributed by atoms with E-state index < -0.39 is 5.54 Å². The van der Waals surface area contributed by atoms with Crippen LogP contribution in [-0.4, -0.2) is 25.5 Å². The first-order valence-electron chi connectivity index (χ1n) is 7.57. The van der Waals surface area contributed by atoms with Crippen molar-refractivity contribution < 1.29 is 9.53 Å². The zero-order chi connectivity index (χ0) is 16.0. The van der Waals surface area contributed by atoms with Gasteiger partial charge in [-0.25, -0.2) is 0 Å². The molecule has 0 aliphatic rings. The second kappa shape index (κ2) is 7.23. The maximum absolute atomic E-state index is 13.0. The fraction of sp³-hybridized carbons (Fsp3) is 0.316. The normalized spacial score (nSPS) is 13.4. The number of ether oxygens (including phenoxy) is 1. The number of hydrogen-bond acceptors (Lipinski definition) is 3. The van der Waals surface area contributed by atoms with Gasteiger partial charge < -0.3 is 10.1 Å². The van der Waals surface area contributed by atoms with Crippen LogP contribution in [0.15, 0.2) is 54.6 Å². The molecule has 2 aromatic carbocycles. The third kappa shape index (κ3) is 3.37. The molecule has 0 heterocycles. The van der Waals surface area contributed by atoms with Crippen LogP contribution >= 0.6 is 0 Å². The van der Waals surface area contributed by atoms with Crippen molar-refractivity contribution in [2.24, 2.45) is 0 Å². The molecule has 3 heteroatoms. The van der Waals surface area contributed by atoms with E-state index in [-0.39, 0.29) is 5.78 Å². The highest BCUT2D eigenvalue weighted by molar-refractivity contribution is 6.03. The Morgan fingerprint density at radius 3 is 2.23 bits per heavy atom. The Bertz CT molecular complexity index is 601. The average Bonchev–Trinajstić information content (AvgIpc) is 2.60. The van der Waals surface area contributed by atoms with Crippen molar-refractivity contribution in [3.05, 3.63) is 65.7 Å². The van der Waals surface area contributed by atoms with Gasteiger partial charge >= 0.3 is 0 Å². The highest BCUT2D eigenvalue weighted by atomic mass is 16.5. The van der Waals surface area contributed by atoms with Crippen molar-refractivity contribution >= 4 is 5.78 Å². The van der Waals surface area contributed by atoms with Gasteiger partial charge in [0.25, 0.3) is 0 Å². The molecule has 0 amide bonds. The lowest BCUT2D eigenvalue weighted by Gasteiger charge is -2.31. The fourth-order valence-corrected chi connectivity index (χ4v) is 2.71. The van der Waals surface area contributed by atoms with Gasteiger partial charge in [-0.1, -0.05) is 37.3 Å². The molecule has 0 saturated carbocycles. The van der Waals surface area contributed by atoms with E-state index in [1.54, 1.807) is 7.11 Å². The van der Waals surface area contributed by atoms with E-state index in [1.807, 2.05) is 56.4 Å². The molecule has 0 fully saturated rings. The van der Waals surface area contributed by atoms with Crippen LogP contribution in [0.1, 0.15) is 29.3 Å². The lowest BCUT2D eigenvalue weighted by molar-refractivity contribution is 0.0851. The third-order valence-corrected chi connectivity index (χ3v) is 4.22. The maximum atomic E-state index is 13.0. The Morgan fingerprint density at radius 1 is 1.09 bits per heavy atom. The number of benzene rings is 2. The Kier molecular flexibility index (Phi) is 5.34. The van der Waals surface area contributed by atoms with Crippen LogP contribution in [0.2, 0.25) is 0 Å². The third-order valence-electron chi connectivity index (χ3n) is 4.22. The van der Waals surface area contributed by atoms with Gasteiger partial charge in [0, 0.05) is 5.56 Å². The molecule has 1 atom stereocenters. The van der Waals surface area contributed by atoms with Crippen LogP contribution in [0.3, 0.4) is 0 Å². The predicted molar refractivity (Wildman–Crippen MR) is 89.6 cm³/mol. The van der Waals surface area contributed by atoms with Crippen molar-refractivity contribution in [2.75, 3.05) is 14.2 Å². The summed E-state index contributed by atoms with van der Waals surface area (Å²) in [5.41, 5.74) is 1.27. The SMILES string of the molecule is CCC(Cc1ccccc1)(NC)C(=O)c1ccc(OC)cc1. The number of carbonyl (C=O) groups is 1. The molecule has 22 heavy (non-hydrogen) atoms. The monoisotopic (exact) mass is 297 g/mol. The van der Waals surface area contributed by atoms with Crippen molar-refractivity contribution in [3.63, 3.8) is 0 Å². The minimum Gasteiger partial charge on any atom is -0.497 e. The molecule has 0 bridgehead atoms. The molecular weight excluding hydrogens is 274 g/mol. The van der Waals surface area contributed by atoms with Crippen LogP contribution in [0, 0.1) is 0 Å². The summed E-state index contributed by atoms with van der Waals surface area (Å²) in [7, 11) is 3.48. The van der Waals surface area contributed by atoms with Gasteiger partial charge in [0.05, 0.1) is 12.6 Å². The van der Waals surface area contributed by atoms with Gasteiger partial charge in [-0.3, -0.25) is 4.79 Å². The summed E-state index contributed by atoms with van der Waals surface area (Å²) < 4.78 is 5.16. The predicted octanol–water partition coefficient (Wildman–Crippen LogP) is 3.49. The highest BCUT2D eigenvalue weighted by Gasteiger charge is 2.35. The second-order valence-corrected chi connectivity index (χ2v) is 5.41. The molecule has 0 aliphatic carbocycles. The van der Waals surface area contributed by atoms with Crippen LogP contribution in [0.4, 0.5) is 0 Å². The summed E-state index contributed by atoms with van der Waals surface area (Å²) in [5.74, 6) is 0.871. The van der Waals surface area contributed by atoms with Crippen LogP contribution in [-0.2, 0) is 6.42 Å². The number of ketones is 1. The first-order chi connectivity index (χ1) is 10.6. The van der Waals surface area contributed by atoms with Gasteiger partial charge in [0.2, 0.25) is 0 Å². The quantitative estimate of drug-likeness (QED) is 0.795. The molecule has 0 saturated heterocycles. The van der Waals surface area contributed by atoms with Gasteiger partial charge in [-0.15, -0.1) is 0 Å². The first-order valence-corrected chi connectivity index (χ1v) is 7.57. The molecule has 0 radical (unpaired) electrons. The van der Waals surface area contributed by atoms with Crippen molar-refractivity contribution in [1.82, 2.24) is 5.32 Å². The van der Waals surface area contributed by atoms with E-state index in [4.69, 9.17) is 4.74 Å². The summed E-state index contributed by atoms with van der Waals surface area (Å²) in [6, 6.07) is 17.4. The van der Waals surface area contributed by atoms with Gasteiger partial charge in [-0.05, 0) is 49.7 Å². The highest BCUT2D eigenvalue weighted by Crippen LogP contribution is 2.24. The van der Waals surface area contributed by atoms with E-state index in [0.29, 0.717) is 12.0 Å². The topological polar surface area (TPSA) is 38.3 Å². The summed E-state index contributed by atoms with van der Waals surface area (Å²) in [4.78, 5) is 13.0. The zero-order valence-corrected chi connectivity index (χ0v) is 13.4. The van der Waals surface area contributed by atoms with E-state index >= 15 is 0 Å². The summed E-state index contributed by atoms with van der Waals surface area (Å²) >= 11 is 0. The van der Waals surface area contributed by atoms with Crippen LogP contribution in [0.5, 0.6) is 5.75 Å². The molecule has 3 nitrogen and oxygen atoms in total. The van der Waals surface area contributed by atoms with Gasteiger partial charge in [-0.2, -0.15) is 0 Å². The standard InChI is InChI=1S/C19H23NO2/c1-4-19(20-2,14-15-8-6-5-7-9-15)18(21)16-10-12-17(22-3)13-11-16/h5-13,20H,4,14H2,1-3H3. The summed E-state index contributed by atoms with van der Waals surface area (Å²) in [5, 5.41) is 3.26. The molecule has 1 unspecified atom stereocenters. The lowest BCUT2D eigenvalue weighted by atomic mass is 9.81. The van der Waals surface area contributed by atoms with E-state index in [9.17, 15) is 4.79 Å². The number of Topliss-reactive ketones (excluding diaryl/α,β-unsaturated/α-hetero) is 1. The molecule has 1 N–H and O–H groups in total. The second-order valence-electron chi connectivity index (χ2n) is 5.41. The van der Waals surface area contributed by atoms with Gasteiger partial charge in [0.15, 0.2) is 5.78 Å². The maximum Gasteiger partial charge on any atom is 0.183 e. The summed E-state index contributed by atoms with van der Waals surface area (Å²) in [6.45, 7) is 2.04. The molecule has 0 spiro atoms. The average molecular weight is 297 g/mol.